The van der Waals surface area contributed by atoms with E-state index in [1.54, 1.807) is 0 Å². The van der Waals surface area contributed by atoms with Gasteiger partial charge in [0.2, 0.25) is 0 Å². The molecule has 0 amide bonds. The molecule has 1 heterocycles. The van der Waals surface area contributed by atoms with Crippen molar-refractivity contribution in [3.8, 4) is 0 Å². The maximum absolute atomic E-state index is 12.7. The van der Waals surface area contributed by atoms with Crippen LogP contribution in [0.3, 0.4) is 0 Å². The van der Waals surface area contributed by atoms with Gasteiger partial charge in [-0.15, -0.1) is 0 Å². The number of rotatable bonds is 42. The van der Waals surface area contributed by atoms with Crippen LogP contribution in [-0.2, 0) is 42.2 Å². The van der Waals surface area contributed by atoms with Crippen LogP contribution in [0.2, 0.25) is 0 Å². The molecule has 0 aliphatic carbocycles. The van der Waals surface area contributed by atoms with Crippen LogP contribution in [-0.4, -0.2) is 72.1 Å². The Hall–Kier alpha value is -2.86. The third-order valence-corrected chi connectivity index (χ3v) is 11.1. The predicted octanol–water partition coefficient (Wildman–Crippen LogP) is 11.7. The lowest BCUT2D eigenvalue weighted by Gasteiger charge is -2.20. The van der Waals surface area contributed by atoms with Crippen LogP contribution in [0.5, 0.6) is 0 Å². The van der Waals surface area contributed by atoms with Crippen LogP contribution in [0.25, 0.3) is 0 Å². The van der Waals surface area contributed by atoms with Crippen molar-refractivity contribution in [3.63, 3.8) is 0 Å². The Balaban J connectivity index is 2.30. The fourth-order valence-electron chi connectivity index (χ4n) is 6.30. The second-order valence-corrected chi connectivity index (χ2v) is 17.4. The molecular formula is C48H82NO11P. The molecule has 350 valence electrons. The molecule has 1 aliphatic rings. The first kappa shape index (κ1) is 56.2. The van der Waals surface area contributed by atoms with Gasteiger partial charge in [0.15, 0.2) is 6.10 Å². The molecule has 13 heteroatoms. The Morgan fingerprint density at radius 3 is 1.59 bits per heavy atom. The molecule has 0 aromatic heterocycles. The van der Waals surface area contributed by atoms with Crippen molar-refractivity contribution in [2.45, 2.75) is 205 Å². The van der Waals surface area contributed by atoms with E-state index in [0.29, 0.717) is 19.3 Å². The fourth-order valence-corrected chi connectivity index (χ4v) is 7.08. The summed E-state index contributed by atoms with van der Waals surface area (Å²) in [5.74, 6) is -2.47. The number of hydrogen-bond acceptors (Lipinski definition) is 10. The van der Waals surface area contributed by atoms with Crippen molar-refractivity contribution >= 4 is 25.7 Å². The van der Waals surface area contributed by atoms with Crippen LogP contribution in [0.15, 0.2) is 60.8 Å². The number of carbonyl (C=O) groups excluding carboxylic acids is 2. The maximum atomic E-state index is 12.7. The minimum atomic E-state index is -4.74. The second kappa shape index (κ2) is 38.8. The maximum Gasteiger partial charge on any atom is 0.472 e. The van der Waals surface area contributed by atoms with E-state index in [1.165, 1.54) is 77.0 Å². The zero-order valence-electron chi connectivity index (χ0n) is 37.7. The zero-order valence-corrected chi connectivity index (χ0v) is 38.6. The van der Waals surface area contributed by atoms with Gasteiger partial charge < -0.3 is 29.9 Å². The summed E-state index contributed by atoms with van der Waals surface area (Å²) in [5, 5.41) is 8.91. The van der Waals surface area contributed by atoms with Gasteiger partial charge in [0, 0.05) is 12.8 Å². The number of phosphoric ester groups is 1. The van der Waals surface area contributed by atoms with E-state index in [0.717, 1.165) is 57.8 Å². The van der Waals surface area contributed by atoms with Crippen molar-refractivity contribution in [3.05, 3.63) is 60.8 Å². The van der Waals surface area contributed by atoms with E-state index in [9.17, 15) is 23.8 Å². The van der Waals surface area contributed by atoms with Gasteiger partial charge >= 0.3 is 25.7 Å². The number of carboxylic acids is 1. The van der Waals surface area contributed by atoms with Crippen LogP contribution >= 0.6 is 7.82 Å². The molecule has 0 saturated carbocycles. The normalized spacial score (nSPS) is 17.5. The molecule has 0 radical (unpaired) electrons. The molecule has 1 rings (SSSR count). The van der Waals surface area contributed by atoms with Crippen LogP contribution in [0.1, 0.15) is 181 Å². The van der Waals surface area contributed by atoms with E-state index in [-0.39, 0.29) is 31.7 Å². The predicted molar refractivity (Wildman–Crippen MR) is 244 cm³/mol. The molecule has 1 aliphatic heterocycles. The van der Waals surface area contributed by atoms with Gasteiger partial charge in [0.05, 0.1) is 25.4 Å². The highest BCUT2D eigenvalue weighted by molar-refractivity contribution is 7.47. The molecular weight excluding hydrogens is 797 g/mol. The monoisotopic (exact) mass is 880 g/mol. The number of allylic oxidation sites excluding steroid dienone is 8. The number of esters is 2. The molecule has 1 saturated heterocycles. The number of hydrogen-bond donors (Lipinski definition) is 3. The quantitative estimate of drug-likeness (QED) is 0.0174. The van der Waals surface area contributed by atoms with Gasteiger partial charge in [-0.05, 0) is 83.5 Å². The largest absolute Gasteiger partial charge is 0.480 e. The van der Waals surface area contributed by atoms with Gasteiger partial charge in [-0.1, -0.05) is 145 Å². The summed E-state index contributed by atoms with van der Waals surface area (Å²) < 4.78 is 38.5. The highest BCUT2D eigenvalue weighted by atomic mass is 31.2. The smallest absolute Gasteiger partial charge is 0.472 e. The first-order valence-electron chi connectivity index (χ1n) is 23.4. The summed E-state index contributed by atoms with van der Waals surface area (Å²) in [6.45, 7) is 2.68. The number of ether oxygens (including phenoxy) is 3. The molecule has 0 spiro atoms. The molecule has 4 N–H and O–H groups in total. The molecule has 0 aromatic carbocycles. The lowest BCUT2D eigenvalue weighted by atomic mass is 10.1. The molecule has 5 atom stereocenters. The number of aliphatic carboxylic acids is 1. The molecule has 61 heavy (non-hydrogen) atoms. The number of unbranched alkanes of at least 4 members (excludes halogenated alkanes) is 16. The molecule has 3 unspecified atom stereocenters. The Kier molecular flexibility index (Phi) is 35.7. The standard InChI is InChI=1S/C48H82NO11P/c1-3-5-7-9-11-13-14-15-16-17-18-19-20-21-22-24-26-28-33-37-46(50)56-39-42(40-57-61(54,55)58-41-43(49)48(52)53)59-47(51)38-34-30-29-32-36-45-44(60-45)35-31-27-25-23-12-10-8-6-4-2/h11-13,15-16,23,27,29,31-32,42-45H,3-10,14,17-22,24-26,28,30,33-41,49H2,1-2H3,(H,52,53)(H,54,55)/b13-11-,16-15-,23-12-,31-27-,32-29-/t42-,43+,44?,45?/m1/s1. The Bertz CT molecular complexity index is 1330. The SMILES string of the molecule is CCCCC/C=C\C/C=C\CCCCCCCCCCCC(=O)OC[C@H](COP(=O)(O)OC[C@H](N)C(=O)O)OC(=O)CCC/C=C\CC1OC1C/C=C\C/C=C\CCCCC. The summed E-state index contributed by atoms with van der Waals surface area (Å²) in [5.41, 5.74) is 5.34. The fraction of sp³-hybridized carbons (Fsp3) is 0.729. The van der Waals surface area contributed by atoms with Crippen LogP contribution in [0, 0.1) is 0 Å². The second-order valence-electron chi connectivity index (χ2n) is 15.9. The number of nitrogens with two attached hydrogens (primary N) is 1. The number of epoxide rings is 1. The first-order valence-corrected chi connectivity index (χ1v) is 24.9. The zero-order chi connectivity index (χ0) is 44.7. The van der Waals surface area contributed by atoms with Gasteiger partial charge in [0.1, 0.15) is 12.6 Å². The average molecular weight is 880 g/mol. The average Bonchev–Trinajstić information content (AvgIpc) is 4.00. The number of phosphoric acid groups is 1. The van der Waals surface area contributed by atoms with E-state index in [4.69, 9.17) is 29.6 Å². The van der Waals surface area contributed by atoms with Crippen molar-refractivity contribution < 1.29 is 52.2 Å². The number of carboxylic acid groups (broad SMARTS) is 1. The topological polar surface area (TPSA) is 184 Å². The Labute approximate surface area is 368 Å². The van der Waals surface area contributed by atoms with Crippen molar-refractivity contribution in [2.75, 3.05) is 19.8 Å². The summed E-state index contributed by atoms with van der Waals surface area (Å²) in [4.78, 5) is 46.1. The number of carbonyl (C=O) groups is 3. The van der Waals surface area contributed by atoms with E-state index in [1.807, 2.05) is 6.08 Å². The summed E-state index contributed by atoms with van der Waals surface area (Å²) in [7, 11) is -4.74. The molecule has 1 fully saturated rings. The third kappa shape index (κ3) is 36.3. The van der Waals surface area contributed by atoms with E-state index < -0.39 is 51.1 Å². The molecule has 0 bridgehead atoms. The van der Waals surface area contributed by atoms with Crippen LogP contribution < -0.4 is 5.73 Å². The van der Waals surface area contributed by atoms with Gasteiger partial charge in [-0.3, -0.25) is 23.4 Å². The van der Waals surface area contributed by atoms with Crippen molar-refractivity contribution in [1.82, 2.24) is 0 Å². The van der Waals surface area contributed by atoms with E-state index in [2.05, 4.69) is 73.1 Å². The van der Waals surface area contributed by atoms with Gasteiger partial charge in [0.25, 0.3) is 0 Å². The lowest BCUT2D eigenvalue weighted by Crippen LogP contribution is -2.34. The lowest BCUT2D eigenvalue weighted by molar-refractivity contribution is -0.161. The first-order chi connectivity index (χ1) is 29.6. The van der Waals surface area contributed by atoms with Gasteiger partial charge in [-0.2, -0.15) is 0 Å². The molecule has 12 nitrogen and oxygen atoms in total. The highest BCUT2D eigenvalue weighted by Gasteiger charge is 2.36. The van der Waals surface area contributed by atoms with E-state index >= 15 is 0 Å². The molecule has 0 aromatic rings. The van der Waals surface area contributed by atoms with Crippen molar-refractivity contribution in [2.24, 2.45) is 5.73 Å². The van der Waals surface area contributed by atoms with Gasteiger partial charge in [-0.25, -0.2) is 4.57 Å². The Morgan fingerprint density at radius 1 is 0.590 bits per heavy atom. The summed E-state index contributed by atoms with van der Waals surface area (Å²) in [6, 6.07) is -1.54. The summed E-state index contributed by atoms with van der Waals surface area (Å²) >= 11 is 0. The summed E-state index contributed by atoms with van der Waals surface area (Å²) in [6.07, 6.45) is 47.4. The highest BCUT2D eigenvalue weighted by Crippen LogP contribution is 2.43. The Morgan fingerprint density at radius 2 is 1.03 bits per heavy atom. The van der Waals surface area contributed by atoms with Crippen molar-refractivity contribution in [1.29, 1.82) is 0 Å². The third-order valence-electron chi connectivity index (χ3n) is 10.1. The minimum absolute atomic E-state index is 0.0741. The van der Waals surface area contributed by atoms with Crippen LogP contribution in [0.4, 0.5) is 0 Å². The minimum Gasteiger partial charge on any atom is -0.480 e.